The van der Waals surface area contributed by atoms with E-state index in [0.29, 0.717) is 33.8 Å². The molecule has 0 nitrogen and oxygen atoms in total. The molecule has 8 heteroatoms. The van der Waals surface area contributed by atoms with E-state index < -0.39 is 38.4 Å². The topological polar surface area (TPSA) is 0 Å². The molecule has 1 aromatic carbocycles. The maximum absolute atomic E-state index is 15.3. The molecule has 0 aromatic heterocycles. The van der Waals surface area contributed by atoms with Crippen molar-refractivity contribution in [3.63, 3.8) is 0 Å². The molecule has 6 rings (SSSR count). The number of hydrogen-bond donors (Lipinski definition) is 0. The lowest BCUT2D eigenvalue weighted by molar-refractivity contribution is -0.257. The first-order chi connectivity index (χ1) is 14.4. The largest absolute Gasteiger partial charge is 0.380 e. The summed E-state index contributed by atoms with van der Waals surface area (Å²) in [6, 6.07) is 6.65. The highest BCUT2D eigenvalue weighted by Gasteiger charge is 2.85. The smallest absolute Gasteiger partial charge is 0.194 e. The molecule has 2 heterocycles. The van der Waals surface area contributed by atoms with E-state index in [1.807, 2.05) is 6.08 Å². The van der Waals surface area contributed by atoms with Gasteiger partial charge in [-0.15, -0.1) is 23.5 Å². The van der Waals surface area contributed by atoms with Crippen LogP contribution in [0.25, 0.3) is 5.57 Å². The van der Waals surface area contributed by atoms with Gasteiger partial charge in [-0.3, -0.25) is 0 Å². The molecule has 162 valence electrons. The van der Waals surface area contributed by atoms with Crippen molar-refractivity contribution in [3.05, 3.63) is 69.2 Å². The summed E-state index contributed by atoms with van der Waals surface area (Å²) < 4.78 is 88.4. The van der Waals surface area contributed by atoms with Gasteiger partial charge in [-0.1, -0.05) is 30.4 Å². The molecule has 1 aromatic rings. The molecular weight excluding hydrogens is 454 g/mol. The minimum Gasteiger partial charge on any atom is -0.194 e. The third-order valence-electron chi connectivity index (χ3n) is 7.20. The number of allylic oxidation sites excluding steroid dienone is 5. The first-order valence-corrected chi connectivity index (χ1v) is 11.6. The van der Waals surface area contributed by atoms with Gasteiger partial charge in [0.15, 0.2) is 0 Å². The summed E-state index contributed by atoms with van der Waals surface area (Å²) in [6.45, 7) is 3.47. The van der Waals surface area contributed by atoms with Crippen LogP contribution < -0.4 is 0 Å². The van der Waals surface area contributed by atoms with Crippen LogP contribution in [0.4, 0.5) is 26.3 Å². The molecule has 1 saturated heterocycles. The Morgan fingerprint density at radius 2 is 1.29 bits per heavy atom. The van der Waals surface area contributed by atoms with E-state index in [9.17, 15) is 8.78 Å². The van der Waals surface area contributed by atoms with Crippen LogP contribution in [0.15, 0.2) is 68.5 Å². The summed E-state index contributed by atoms with van der Waals surface area (Å²) in [6.07, 6.45) is 4.89. The fraction of sp³-hybridized carbons (Fsp3) is 0.391. The highest BCUT2D eigenvalue weighted by Crippen LogP contribution is 2.78. The summed E-state index contributed by atoms with van der Waals surface area (Å²) >= 11 is 2.64. The number of halogens is 6. The third kappa shape index (κ3) is 1.94. The molecule has 2 atom stereocenters. The Balaban J connectivity index is 1.83. The Labute approximate surface area is 183 Å². The predicted molar refractivity (Wildman–Crippen MR) is 111 cm³/mol. The van der Waals surface area contributed by atoms with E-state index in [1.165, 1.54) is 23.5 Å². The Kier molecular flexibility index (Phi) is 3.57. The molecule has 0 spiro atoms. The van der Waals surface area contributed by atoms with E-state index in [-0.39, 0.29) is 11.1 Å². The van der Waals surface area contributed by atoms with Gasteiger partial charge in [-0.25, -0.2) is 0 Å². The molecular formula is C23H16F6S2. The monoisotopic (exact) mass is 470 g/mol. The van der Waals surface area contributed by atoms with Crippen LogP contribution in [0.1, 0.15) is 32.3 Å². The first-order valence-electron chi connectivity index (χ1n) is 9.92. The van der Waals surface area contributed by atoms with Gasteiger partial charge in [0.1, 0.15) is 0 Å². The van der Waals surface area contributed by atoms with Gasteiger partial charge in [0.2, 0.25) is 0 Å². The summed E-state index contributed by atoms with van der Waals surface area (Å²) in [5.74, 6) is -15.5. The zero-order chi connectivity index (χ0) is 22.2. The molecule has 1 unspecified atom stereocenters. The summed E-state index contributed by atoms with van der Waals surface area (Å²) in [5, 5.41) is 0. The molecule has 2 aliphatic heterocycles. The van der Waals surface area contributed by atoms with Gasteiger partial charge >= 0.3 is 17.8 Å². The van der Waals surface area contributed by atoms with Crippen LogP contribution >= 0.6 is 23.5 Å². The van der Waals surface area contributed by atoms with Gasteiger partial charge in [0, 0.05) is 20.9 Å². The number of hydrogen-bond acceptors (Lipinski definition) is 2. The summed E-state index contributed by atoms with van der Waals surface area (Å²) in [5.41, 5.74) is -1.72. The molecule has 2 fully saturated rings. The maximum Gasteiger partial charge on any atom is 0.380 e. The van der Waals surface area contributed by atoms with Crippen molar-refractivity contribution in [1.82, 2.24) is 0 Å². The lowest BCUT2D eigenvalue weighted by atomic mass is 9.68. The highest BCUT2D eigenvalue weighted by molar-refractivity contribution is 8.08. The Morgan fingerprint density at radius 1 is 0.710 bits per heavy atom. The Morgan fingerprint density at radius 3 is 2.00 bits per heavy atom. The van der Waals surface area contributed by atoms with Crippen LogP contribution in [0.2, 0.25) is 0 Å². The first kappa shape index (κ1) is 20.1. The molecule has 1 saturated carbocycles. The molecule has 3 aliphatic carbocycles. The van der Waals surface area contributed by atoms with Crippen molar-refractivity contribution >= 4 is 29.1 Å². The average Bonchev–Trinajstić information content (AvgIpc) is 3.21. The van der Waals surface area contributed by atoms with E-state index in [1.54, 1.807) is 44.2 Å². The molecule has 0 amide bonds. The van der Waals surface area contributed by atoms with Crippen LogP contribution in [0.3, 0.4) is 0 Å². The van der Waals surface area contributed by atoms with Crippen molar-refractivity contribution in [1.29, 1.82) is 0 Å². The minimum absolute atomic E-state index is 0.0492. The summed E-state index contributed by atoms with van der Waals surface area (Å²) in [7, 11) is 0. The fourth-order valence-corrected chi connectivity index (χ4v) is 8.87. The zero-order valence-electron chi connectivity index (χ0n) is 16.5. The molecule has 0 bridgehead atoms. The van der Waals surface area contributed by atoms with Gasteiger partial charge in [0.25, 0.3) is 0 Å². The number of fused-ring (bicyclic) bond motifs is 8. The van der Waals surface area contributed by atoms with Gasteiger partial charge < -0.3 is 0 Å². The number of alkyl halides is 6. The van der Waals surface area contributed by atoms with Crippen molar-refractivity contribution in [3.8, 4) is 0 Å². The molecule has 31 heavy (non-hydrogen) atoms. The van der Waals surface area contributed by atoms with Gasteiger partial charge in [-0.05, 0) is 55.0 Å². The number of rotatable bonds is 0. The van der Waals surface area contributed by atoms with Crippen molar-refractivity contribution in [2.45, 2.75) is 58.8 Å². The predicted octanol–water partition coefficient (Wildman–Crippen LogP) is 7.64. The van der Waals surface area contributed by atoms with Crippen LogP contribution in [0, 0.1) is 0 Å². The van der Waals surface area contributed by atoms with Crippen LogP contribution in [-0.2, 0) is 0 Å². The second-order valence-electron chi connectivity index (χ2n) is 8.75. The molecule has 0 radical (unpaired) electrons. The minimum atomic E-state index is -5.51. The van der Waals surface area contributed by atoms with Crippen molar-refractivity contribution < 1.29 is 26.3 Å². The number of benzene rings is 1. The second-order valence-corrected chi connectivity index (χ2v) is 11.7. The standard InChI is InChI=1S/C23H16F6S2/c1-19-15(11-7-3-5-9-13(11)30-19)17-18(22(26,27)23(28,29)21(17,24)25)16-12-8-4-6-10-14(12)31-20(16,19)2/h3,5,7-10H,4,6H2,1-2H3/t19?,20-/m1/s1. The van der Waals surface area contributed by atoms with E-state index in [2.05, 4.69) is 0 Å². The Bertz CT molecular complexity index is 1200. The van der Waals surface area contributed by atoms with E-state index in [4.69, 9.17) is 0 Å². The van der Waals surface area contributed by atoms with Gasteiger partial charge in [-0.2, -0.15) is 26.3 Å². The normalized spacial score (nSPS) is 35.7. The zero-order valence-corrected chi connectivity index (χ0v) is 18.1. The lowest BCUT2D eigenvalue weighted by Gasteiger charge is -2.46. The highest BCUT2D eigenvalue weighted by atomic mass is 32.2. The Hall–Kier alpha value is -1.54. The summed E-state index contributed by atoms with van der Waals surface area (Å²) in [4.78, 5) is 1.35. The van der Waals surface area contributed by atoms with Crippen LogP contribution in [0.5, 0.6) is 0 Å². The quantitative estimate of drug-likeness (QED) is 0.357. The van der Waals surface area contributed by atoms with E-state index in [0.717, 1.165) is 0 Å². The number of thioether (sulfide) groups is 2. The van der Waals surface area contributed by atoms with Crippen molar-refractivity contribution in [2.75, 3.05) is 0 Å². The molecule has 5 aliphatic rings. The van der Waals surface area contributed by atoms with Crippen LogP contribution in [-0.4, -0.2) is 27.3 Å². The van der Waals surface area contributed by atoms with E-state index >= 15 is 17.6 Å². The third-order valence-corrected chi connectivity index (χ3v) is 10.5. The SMILES string of the molecule is CC12Sc3ccccc3C1=C1C(=C3C4=CCCC=C4S[C@]32C)C(F)(F)C(F)(F)C1(F)F. The average molecular weight is 471 g/mol. The maximum atomic E-state index is 15.3. The molecule has 0 N–H and O–H groups in total. The fourth-order valence-electron chi connectivity index (χ4n) is 5.60. The lowest BCUT2D eigenvalue weighted by Crippen LogP contribution is -2.48. The van der Waals surface area contributed by atoms with Gasteiger partial charge in [0.05, 0.1) is 9.49 Å². The van der Waals surface area contributed by atoms with Crippen molar-refractivity contribution in [2.24, 2.45) is 0 Å². The second kappa shape index (κ2) is 5.50.